The molecule has 1 aliphatic heterocycles. The second-order valence-corrected chi connectivity index (χ2v) is 4.22. The molecule has 0 amide bonds. The van der Waals surface area contributed by atoms with Crippen LogP contribution in [0.2, 0.25) is 0 Å². The quantitative estimate of drug-likeness (QED) is 0.601. The molecule has 3 rings (SSSR count). The van der Waals surface area contributed by atoms with E-state index >= 15 is 0 Å². The maximum absolute atomic E-state index is 11.2. The Balaban J connectivity index is 2.15. The molecule has 2 aromatic rings. The van der Waals surface area contributed by atoms with E-state index in [2.05, 4.69) is 0 Å². The molecule has 0 spiro atoms. The number of hydrogen-bond acceptors (Lipinski definition) is 4. The number of esters is 1. The number of benzene rings is 2. The van der Waals surface area contributed by atoms with Gasteiger partial charge >= 0.3 is 5.97 Å². The zero-order valence-corrected chi connectivity index (χ0v) is 9.88. The molecule has 0 aromatic heterocycles. The zero-order valence-electron chi connectivity index (χ0n) is 9.88. The van der Waals surface area contributed by atoms with Crippen molar-refractivity contribution in [3.05, 3.63) is 48.0 Å². The molecule has 92 valence electrons. The monoisotopic (exact) mass is 244 g/mol. The van der Waals surface area contributed by atoms with Gasteiger partial charge in [-0.25, -0.2) is 4.89 Å². The van der Waals surface area contributed by atoms with Crippen LogP contribution in [0.15, 0.2) is 42.5 Å². The second kappa shape index (κ2) is 4.08. The summed E-state index contributed by atoms with van der Waals surface area (Å²) >= 11 is 0. The van der Waals surface area contributed by atoms with Gasteiger partial charge in [0.1, 0.15) is 0 Å². The SMILES string of the molecule is CC(=O)OC1(c2cccc3ccccc23)COO1. The van der Waals surface area contributed by atoms with Crippen LogP contribution in [0.5, 0.6) is 0 Å². The zero-order chi connectivity index (χ0) is 12.6. The van der Waals surface area contributed by atoms with Crippen molar-refractivity contribution in [1.29, 1.82) is 0 Å². The van der Waals surface area contributed by atoms with Crippen molar-refractivity contribution in [3.63, 3.8) is 0 Å². The minimum atomic E-state index is -1.10. The van der Waals surface area contributed by atoms with E-state index < -0.39 is 11.8 Å². The normalized spacial score (nSPS) is 22.5. The first-order valence-corrected chi connectivity index (χ1v) is 5.70. The van der Waals surface area contributed by atoms with Gasteiger partial charge in [0, 0.05) is 12.5 Å². The van der Waals surface area contributed by atoms with Gasteiger partial charge in [-0.3, -0.25) is 4.79 Å². The predicted octanol–water partition coefficient (Wildman–Crippen LogP) is 2.52. The van der Waals surface area contributed by atoms with E-state index in [0.29, 0.717) is 0 Å². The molecule has 1 saturated heterocycles. The third kappa shape index (κ3) is 1.66. The van der Waals surface area contributed by atoms with Crippen LogP contribution in [0.1, 0.15) is 12.5 Å². The van der Waals surface area contributed by atoms with E-state index in [1.165, 1.54) is 6.92 Å². The third-order valence-corrected chi connectivity index (χ3v) is 2.95. The van der Waals surface area contributed by atoms with Gasteiger partial charge in [0.15, 0.2) is 6.61 Å². The van der Waals surface area contributed by atoms with Crippen LogP contribution in [-0.2, 0) is 25.1 Å². The number of hydrogen-bond donors (Lipinski definition) is 0. The second-order valence-electron chi connectivity index (χ2n) is 4.22. The van der Waals surface area contributed by atoms with Crippen molar-refractivity contribution in [3.8, 4) is 0 Å². The first kappa shape index (κ1) is 11.2. The van der Waals surface area contributed by atoms with Crippen molar-refractivity contribution < 1.29 is 19.3 Å². The molecule has 0 radical (unpaired) electrons. The first-order valence-electron chi connectivity index (χ1n) is 5.70. The lowest BCUT2D eigenvalue weighted by Gasteiger charge is -2.38. The fourth-order valence-electron chi connectivity index (χ4n) is 2.18. The fraction of sp³-hybridized carbons (Fsp3) is 0.214. The number of carbonyl (C=O) groups excluding carboxylic acids is 1. The first-order chi connectivity index (χ1) is 8.71. The van der Waals surface area contributed by atoms with Gasteiger partial charge in [-0.1, -0.05) is 42.5 Å². The molecular weight excluding hydrogens is 232 g/mol. The van der Waals surface area contributed by atoms with E-state index in [0.717, 1.165) is 16.3 Å². The number of rotatable bonds is 2. The summed E-state index contributed by atoms with van der Waals surface area (Å²) in [5.41, 5.74) is 0.807. The summed E-state index contributed by atoms with van der Waals surface area (Å²) in [4.78, 5) is 21.0. The van der Waals surface area contributed by atoms with Crippen molar-refractivity contribution in [2.75, 3.05) is 6.61 Å². The molecule has 4 heteroatoms. The fourth-order valence-corrected chi connectivity index (χ4v) is 2.18. The van der Waals surface area contributed by atoms with Gasteiger partial charge in [-0.05, 0) is 10.8 Å². The molecule has 0 bridgehead atoms. The van der Waals surface area contributed by atoms with Crippen LogP contribution in [0.25, 0.3) is 10.8 Å². The Morgan fingerprint density at radius 2 is 1.94 bits per heavy atom. The average Bonchev–Trinajstić information content (AvgIpc) is 2.33. The lowest BCUT2D eigenvalue weighted by molar-refractivity contribution is -0.537. The predicted molar refractivity (Wildman–Crippen MR) is 64.4 cm³/mol. The Labute approximate surface area is 104 Å². The van der Waals surface area contributed by atoms with E-state index in [4.69, 9.17) is 14.5 Å². The van der Waals surface area contributed by atoms with E-state index in [1.807, 2.05) is 42.5 Å². The maximum atomic E-state index is 11.2. The molecule has 0 saturated carbocycles. The Morgan fingerprint density at radius 1 is 1.22 bits per heavy atom. The van der Waals surface area contributed by atoms with Gasteiger partial charge < -0.3 is 4.74 Å². The molecule has 1 aliphatic rings. The van der Waals surface area contributed by atoms with E-state index in [1.54, 1.807) is 0 Å². The van der Waals surface area contributed by atoms with E-state index in [9.17, 15) is 4.79 Å². The molecule has 0 aliphatic carbocycles. The number of carbonyl (C=O) groups is 1. The van der Waals surface area contributed by atoms with Crippen molar-refractivity contribution in [2.24, 2.45) is 0 Å². The molecule has 1 fully saturated rings. The summed E-state index contributed by atoms with van der Waals surface area (Å²) < 4.78 is 5.28. The minimum Gasteiger partial charge on any atom is -0.423 e. The summed E-state index contributed by atoms with van der Waals surface area (Å²) in [6.45, 7) is 1.56. The minimum absolute atomic E-state index is 0.209. The Kier molecular flexibility index (Phi) is 2.54. The molecule has 1 unspecified atom stereocenters. The highest BCUT2D eigenvalue weighted by atomic mass is 17.3. The molecule has 1 heterocycles. The van der Waals surface area contributed by atoms with Gasteiger partial charge in [0.25, 0.3) is 5.79 Å². The van der Waals surface area contributed by atoms with Crippen LogP contribution >= 0.6 is 0 Å². The van der Waals surface area contributed by atoms with E-state index in [-0.39, 0.29) is 6.61 Å². The van der Waals surface area contributed by atoms with Crippen LogP contribution in [0.3, 0.4) is 0 Å². The summed E-state index contributed by atoms with van der Waals surface area (Å²) in [5, 5.41) is 2.06. The third-order valence-electron chi connectivity index (χ3n) is 2.95. The van der Waals surface area contributed by atoms with Gasteiger partial charge in [-0.2, -0.15) is 4.89 Å². The summed E-state index contributed by atoms with van der Waals surface area (Å²) in [6.07, 6.45) is 0. The van der Waals surface area contributed by atoms with Crippen molar-refractivity contribution >= 4 is 16.7 Å². The highest BCUT2D eigenvalue weighted by molar-refractivity contribution is 5.86. The molecule has 18 heavy (non-hydrogen) atoms. The Bertz CT molecular complexity index is 596. The largest absolute Gasteiger partial charge is 0.423 e. The topological polar surface area (TPSA) is 44.8 Å². The Hall–Kier alpha value is -1.91. The molecular formula is C14H12O4. The van der Waals surface area contributed by atoms with Crippen molar-refractivity contribution in [1.82, 2.24) is 0 Å². The summed E-state index contributed by atoms with van der Waals surface area (Å²) in [5.74, 6) is -1.50. The molecule has 0 N–H and O–H groups in total. The highest BCUT2D eigenvalue weighted by Gasteiger charge is 2.48. The summed E-state index contributed by atoms with van der Waals surface area (Å²) in [7, 11) is 0. The van der Waals surface area contributed by atoms with Gasteiger partial charge in [-0.15, -0.1) is 0 Å². The number of fused-ring (bicyclic) bond motifs is 1. The van der Waals surface area contributed by atoms with Crippen LogP contribution in [0.4, 0.5) is 0 Å². The van der Waals surface area contributed by atoms with Gasteiger partial charge in [0.05, 0.1) is 0 Å². The molecule has 2 aromatic carbocycles. The molecule has 1 atom stereocenters. The lowest BCUT2D eigenvalue weighted by Crippen LogP contribution is -2.48. The Morgan fingerprint density at radius 3 is 2.61 bits per heavy atom. The van der Waals surface area contributed by atoms with Gasteiger partial charge in [0.2, 0.25) is 0 Å². The summed E-state index contributed by atoms with van der Waals surface area (Å²) in [6, 6.07) is 13.7. The van der Waals surface area contributed by atoms with Crippen LogP contribution in [-0.4, -0.2) is 12.6 Å². The number of ether oxygens (including phenoxy) is 1. The lowest BCUT2D eigenvalue weighted by atomic mass is 9.97. The standard InChI is InChI=1S/C14H12O4/c1-10(15)17-14(9-16-18-14)13-8-4-6-11-5-2-3-7-12(11)13/h2-8H,9H2,1H3. The molecule has 4 nitrogen and oxygen atoms in total. The maximum Gasteiger partial charge on any atom is 0.305 e. The highest BCUT2D eigenvalue weighted by Crippen LogP contribution is 2.39. The van der Waals surface area contributed by atoms with Crippen LogP contribution < -0.4 is 0 Å². The average molecular weight is 244 g/mol. The smallest absolute Gasteiger partial charge is 0.305 e. The van der Waals surface area contributed by atoms with Crippen LogP contribution in [0, 0.1) is 0 Å². The van der Waals surface area contributed by atoms with Crippen molar-refractivity contribution in [2.45, 2.75) is 12.7 Å².